The van der Waals surface area contributed by atoms with Crippen molar-refractivity contribution in [1.29, 1.82) is 0 Å². The Morgan fingerprint density at radius 3 is 2.28 bits per heavy atom. The highest BCUT2D eigenvalue weighted by Crippen LogP contribution is 2.24. The van der Waals surface area contributed by atoms with Crippen molar-refractivity contribution in [2.75, 3.05) is 5.32 Å². The summed E-state index contributed by atoms with van der Waals surface area (Å²) in [6.45, 7) is 5.46. The zero-order valence-corrected chi connectivity index (χ0v) is 15.3. The SMILES string of the molecule is Cc1ccccc1Nc1ccc(CCCCCn2cccc2)cc1C. The third kappa shape index (κ3) is 4.99. The molecule has 1 aromatic heterocycles. The van der Waals surface area contributed by atoms with Crippen LogP contribution in [0.15, 0.2) is 67.0 Å². The Balaban J connectivity index is 1.49. The van der Waals surface area contributed by atoms with Crippen LogP contribution >= 0.6 is 0 Å². The number of benzene rings is 2. The molecule has 3 rings (SSSR count). The number of hydrogen-bond acceptors (Lipinski definition) is 1. The molecule has 1 N–H and O–H groups in total. The zero-order valence-electron chi connectivity index (χ0n) is 15.3. The van der Waals surface area contributed by atoms with Gasteiger partial charge in [0.2, 0.25) is 0 Å². The van der Waals surface area contributed by atoms with Crippen LogP contribution in [-0.4, -0.2) is 4.57 Å². The summed E-state index contributed by atoms with van der Waals surface area (Å²) in [5.74, 6) is 0. The Bertz CT molecular complexity index is 788. The average Bonchev–Trinajstić information content (AvgIpc) is 3.12. The number of para-hydroxylation sites is 1. The van der Waals surface area contributed by atoms with Gasteiger partial charge in [-0.05, 0) is 74.1 Å². The van der Waals surface area contributed by atoms with Crippen LogP contribution < -0.4 is 5.32 Å². The minimum absolute atomic E-state index is 1.13. The summed E-state index contributed by atoms with van der Waals surface area (Å²) in [5.41, 5.74) is 6.41. The molecule has 3 aromatic rings. The molecule has 2 heteroatoms. The van der Waals surface area contributed by atoms with Crippen LogP contribution in [0.2, 0.25) is 0 Å². The molecule has 1 heterocycles. The molecular weight excluding hydrogens is 304 g/mol. The summed E-state index contributed by atoms with van der Waals surface area (Å²) in [6, 6.07) is 19.4. The molecule has 2 nitrogen and oxygen atoms in total. The van der Waals surface area contributed by atoms with Crippen molar-refractivity contribution in [3.05, 3.63) is 83.7 Å². The van der Waals surface area contributed by atoms with E-state index >= 15 is 0 Å². The molecule has 0 unspecified atom stereocenters. The van der Waals surface area contributed by atoms with E-state index in [-0.39, 0.29) is 0 Å². The van der Waals surface area contributed by atoms with E-state index in [0.717, 1.165) is 13.0 Å². The Labute approximate surface area is 151 Å². The first-order valence-corrected chi connectivity index (χ1v) is 9.25. The van der Waals surface area contributed by atoms with E-state index in [4.69, 9.17) is 0 Å². The summed E-state index contributed by atoms with van der Waals surface area (Å²) in [7, 11) is 0. The van der Waals surface area contributed by atoms with Crippen molar-refractivity contribution >= 4 is 11.4 Å². The second-order valence-corrected chi connectivity index (χ2v) is 6.82. The van der Waals surface area contributed by atoms with E-state index in [2.05, 4.69) is 90.7 Å². The van der Waals surface area contributed by atoms with E-state index < -0.39 is 0 Å². The maximum Gasteiger partial charge on any atom is 0.0414 e. The number of aryl methyl sites for hydroxylation is 4. The fourth-order valence-electron chi connectivity index (χ4n) is 3.20. The van der Waals surface area contributed by atoms with Gasteiger partial charge in [-0.2, -0.15) is 0 Å². The van der Waals surface area contributed by atoms with E-state index in [9.17, 15) is 0 Å². The van der Waals surface area contributed by atoms with Crippen LogP contribution in [0.25, 0.3) is 0 Å². The zero-order chi connectivity index (χ0) is 17.5. The number of anilines is 2. The third-order valence-electron chi connectivity index (χ3n) is 4.75. The lowest BCUT2D eigenvalue weighted by molar-refractivity contribution is 0.589. The first-order valence-electron chi connectivity index (χ1n) is 9.25. The van der Waals surface area contributed by atoms with E-state index in [1.807, 2.05) is 0 Å². The number of unbranched alkanes of at least 4 members (excludes halogenated alkanes) is 2. The van der Waals surface area contributed by atoms with E-state index in [0.29, 0.717) is 0 Å². The Morgan fingerprint density at radius 1 is 0.760 bits per heavy atom. The van der Waals surface area contributed by atoms with Crippen LogP contribution in [0.1, 0.15) is 36.0 Å². The molecule has 25 heavy (non-hydrogen) atoms. The van der Waals surface area contributed by atoms with Gasteiger partial charge in [0.15, 0.2) is 0 Å². The van der Waals surface area contributed by atoms with E-state index in [1.54, 1.807) is 0 Å². The lowest BCUT2D eigenvalue weighted by Gasteiger charge is -2.13. The number of aromatic nitrogens is 1. The molecule has 0 bridgehead atoms. The lowest BCUT2D eigenvalue weighted by Crippen LogP contribution is -1.97. The van der Waals surface area contributed by atoms with Gasteiger partial charge in [0.1, 0.15) is 0 Å². The average molecular weight is 332 g/mol. The van der Waals surface area contributed by atoms with Gasteiger partial charge < -0.3 is 9.88 Å². The summed E-state index contributed by atoms with van der Waals surface area (Å²) in [4.78, 5) is 0. The van der Waals surface area contributed by atoms with Crippen molar-refractivity contribution in [3.63, 3.8) is 0 Å². The van der Waals surface area contributed by atoms with Gasteiger partial charge in [-0.25, -0.2) is 0 Å². The summed E-state index contributed by atoms with van der Waals surface area (Å²) >= 11 is 0. The second-order valence-electron chi connectivity index (χ2n) is 6.82. The topological polar surface area (TPSA) is 17.0 Å². The Hall–Kier alpha value is -2.48. The van der Waals surface area contributed by atoms with Crippen molar-refractivity contribution in [2.24, 2.45) is 0 Å². The molecular formula is C23H28N2. The molecule has 0 amide bonds. The molecule has 0 fully saturated rings. The van der Waals surface area contributed by atoms with Crippen LogP contribution in [-0.2, 0) is 13.0 Å². The highest BCUT2D eigenvalue weighted by molar-refractivity contribution is 5.65. The highest BCUT2D eigenvalue weighted by atomic mass is 14.9. The maximum atomic E-state index is 3.56. The van der Waals surface area contributed by atoms with Gasteiger partial charge in [-0.3, -0.25) is 0 Å². The Morgan fingerprint density at radius 2 is 1.52 bits per heavy atom. The van der Waals surface area contributed by atoms with Gasteiger partial charge in [-0.1, -0.05) is 36.8 Å². The molecule has 0 atom stereocenters. The standard InChI is InChI=1S/C23H28N2/c1-19-10-5-6-12-22(19)24-23-14-13-21(18-20(23)2)11-4-3-7-15-25-16-8-9-17-25/h5-6,8-10,12-14,16-18,24H,3-4,7,11,15H2,1-2H3. The van der Waals surface area contributed by atoms with Crippen molar-refractivity contribution in [2.45, 2.75) is 46.1 Å². The van der Waals surface area contributed by atoms with E-state index in [1.165, 1.54) is 47.3 Å². The molecule has 0 aliphatic heterocycles. The largest absolute Gasteiger partial charge is 0.355 e. The molecule has 0 radical (unpaired) electrons. The van der Waals surface area contributed by atoms with Crippen LogP contribution in [0, 0.1) is 13.8 Å². The number of rotatable bonds is 8. The first kappa shape index (κ1) is 17.3. The molecule has 0 aliphatic rings. The lowest BCUT2D eigenvalue weighted by atomic mass is 10.0. The molecule has 130 valence electrons. The number of hydrogen-bond donors (Lipinski definition) is 1. The maximum absolute atomic E-state index is 3.56. The second kappa shape index (κ2) is 8.57. The third-order valence-corrected chi connectivity index (χ3v) is 4.75. The van der Waals surface area contributed by atoms with Crippen LogP contribution in [0.4, 0.5) is 11.4 Å². The normalized spacial score (nSPS) is 10.8. The Kier molecular flexibility index (Phi) is 5.95. The van der Waals surface area contributed by atoms with Crippen LogP contribution in [0.3, 0.4) is 0 Å². The molecule has 2 aromatic carbocycles. The molecule has 0 aliphatic carbocycles. The quantitative estimate of drug-likeness (QED) is 0.482. The fourth-order valence-corrected chi connectivity index (χ4v) is 3.20. The smallest absolute Gasteiger partial charge is 0.0414 e. The minimum atomic E-state index is 1.13. The predicted octanol–water partition coefficient (Wildman–Crippen LogP) is 6.26. The van der Waals surface area contributed by atoms with Crippen LogP contribution in [0.5, 0.6) is 0 Å². The predicted molar refractivity (Wildman–Crippen MR) is 108 cm³/mol. The number of nitrogens with zero attached hydrogens (tertiary/aromatic N) is 1. The first-order chi connectivity index (χ1) is 12.2. The molecule has 0 spiro atoms. The van der Waals surface area contributed by atoms with Gasteiger partial charge in [0.05, 0.1) is 0 Å². The van der Waals surface area contributed by atoms with Gasteiger partial charge in [-0.15, -0.1) is 0 Å². The summed E-state index contributed by atoms with van der Waals surface area (Å²) in [6.07, 6.45) is 9.23. The monoisotopic (exact) mass is 332 g/mol. The van der Waals surface area contributed by atoms with Gasteiger partial charge in [0, 0.05) is 30.3 Å². The fraction of sp³-hybridized carbons (Fsp3) is 0.304. The van der Waals surface area contributed by atoms with Crippen molar-refractivity contribution < 1.29 is 0 Å². The van der Waals surface area contributed by atoms with Gasteiger partial charge in [0.25, 0.3) is 0 Å². The van der Waals surface area contributed by atoms with Gasteiger partial charge >= 0.3 is 0 Å². The number of nitrogens with one attached hydrogen (secondary N) is 1. The summed E-state index contributed by atoms with van der Waals surface area (Å²) < 4.78 is 2.26. The van der Waals surface area contributed by atoms with Crippen molar-refractivity contribution in [3.8, 4) is 0 Å². The molecule has 0 saturated carbocycles. The highest BCUT2D eigenvalue weighted by Gasteiger charge is 2.03. The summed E-state index contributed by atoms with van der Waals surface area (Å²) in [5, 5.41) is 3.56. The minimum Gasteiger partial charge on any atom is -0.355 e. The van der Waals surface area contributed by atoms with Crippen molar-refractivity contribution in [1.82, 2.24) is 4.57 Å². The molecule has 0 saturated heterocycles.